The van der Waals surface area contributed by atoms with Crippen LogP contribution in [0.5, 0.6) is 0 Å². The summed E-state index contributed by atoms with van der Waals surface area (Å²) in [6.45, 7) is 3.61. The second-order valence-electron chi connectivity index (χ2n) is 4.03. The van der Waals surface area contributed by atoms with Gasteiger partial charge in [0.15, 0.2) is 0 Å². The molecular formula is C12H16O3. The SMILES string of the molecule is Cc1ccc([C@](C)(O)CCC(=O)O)cc1. The molecule has 0 spiro atoms. The molecule has 1 aromatic carbocycles. The van der Waals surface area contributed by atoms with E-state index in [0.717, 1.165) is 11.1 Å². The zero-order valence-electron chi connectivity index (χ0n) is 9.03. The van der Waals surface area contributed by atoms with Gasteiger partial charge in [-0.1, -0.05) is 29.8 Å². The lowest BCUT2D eigenvalue weighted by molar-refractivity contribution is -0.138. The Morgan fingerprint density at radius 1 is 1.33 bits per heavy atom. The van der Waals surface area contributed by atoms with Gasteiger partial charge < -0.3 is 10.2 Å². The highest BCUT2D eigenvalue weighted by molar-refractivity contribution is 5.66. The molecule has 0 aromatic heterocycles. The predicted octanol–water partition coefficient (Wildman–Crippen LogP) is 2.07. The average molecular weight is 208 g/mol. The molecular weight excluding hydrogens is 192 g/mol. The van der Waals surface area contributed by atoms with Crippen molar-refractivity contribution in [1.82, 2.24) is 0 Å². The lowest BCUT2D eigenvalue weighted by atomic mass is 9.91. The van der Waals surface area contributed by atoms with Crippen LogP contribution in [0.15, 0.2) is 24.3 Å². The molecule has 1 aromatic rings. The molecule has 0 fully saturated rings. The van der Waals surface area contributed by atoms with E-state index in [1.807, 2.05) is 31.2 Å². The minimum atomic E-state index is -1.06. The van der Waals surface area contributed by atoms with Crippen LogP contribution < -0.4 is 0 Å². The van der Waals surface area contributed by atoms with Gasteiger partial charge >= 0.3 is 5.97 Å². The van der Waals surface area contributed by atoms with Gasteiger partial charge in [-0.3, -0.25) is 4.79 Å². The Labute approximate surface area is 89.4 Å². The molecule has 1 atom stereocenters. The molecule has 3 heteroatoms. The number of benzene rings is 1. The highest BCUT2D eigenvalue weighted by Crippen LogP contribution is 2.25. The number of aryl methyl sites for hydroxylation is 1. The fourth-order valence-corrected chi connectivity index (χ4v) is 1.41. The maximum Gasteiger partial charge on any atom is 0.303 e. The van der Waals surface area contributed by atoms with Crippen LogP contribution in [0, 0.1) is 6.92 Å². The number of aliphatic carboxylic acids is 1. The zero-order chi connectivity index (χ0) is 11.5. The summed E-state index contributed by atoms with van der Waals surface area (Å²) in [5.74, 6) is -0.887. The molecule has 0 aliphatic carbocycles. The van der Waals surface area contributed by atoms with E-state index in [9.17, 15) is 9.90 Å². The number of carboxylic acid groups (broad SMARTS) is 1. The maximum atomic E-state index is 10.4. The summed E-state index contributed by atoms with van der Waals surface area (Å²) in [5, 5.41) is 18.6. The molecule has 0 bridgehead atoms. The van der Waals surface area contributed by atoms with E-state index >= 15 is 0 Å². The highest BCUT2D eigenvalue weighted by atomic mass is 16.4. The molecule has 0 amide bonds. The normalized spacial score (nSPS) is 14.6. The zero-order valence-corrected chi connectivity index (χ0v) is 9.03. The highest BCUT2D eigenvalue weighted by Gasteiger charge is 2.23. The lowest BCUT2D eigenvalue weighted by Crippen LogP contribution is -2.22. The summed E-state index contributed by atoms with van der Waals surface area (Å²) in [6, 6.07) is 7.48. The third-order valence-corrected chi connectivity index (χ3v) is 2.50. The van der Waals surface area contributed by atoms with Crippen molar-refractivity contribution in [3.63, 3.8) is 0 Å². The van der Waals surface area contributed by atoms with E-state index in [0.29, 0.717) is 0 Å². The van der Waals surface area contributed by atoms with Gasteiger partial charge in [0.1, 0.15) is 0 Å². The molecule has 0 aliphatic heterocycles. The summed E-state index contributed by atoms with van der Waals surface area (Å²) < 4.78 is 0. The molecule has 0 unspecified atom stereocenters. The standard InChI is InChI=1S/C12H16O3/c1-9-3-5-10(6-4-9)12(2,15)8-7-11(13)14/h3-6,15H,7-8H2,1-2H3,(H,13,14)/t12-/m1/s1. The Hall–Kier alpha value is -1.35. The molecule has 0 saturated carbocycles. The van der Waals surface area contributed by atoms with Crippen molar-refractivity contribution in [2.45, 2.75) is 32.3 Å². The van der Waals surface area contributed by atoms with Crippen LogP contribution in [-0.4, -0.2) is 16.2 Å². The van der Waals surface area contributed by atoms with E-state index in [4.69, 9.17) is 5.11 Å². The van der Waals surface area contributed by atoms with Crippen molar-refractivity contribution in [3.8, 4) is 0 Å². The van der Waals surface area contributed by atoms with Gasteiger partial charge in [-0.05, 0) is 25.8 Å². The molecule has 0 saturated heterocycles. The predicted molar refractivity (Wildman–Crippen MR) is 57.6 cm³/mol. The van der Waals surface area contributed by atoms with Crippen LogP contribution >= 0.6 is 0 Å². The van der Waals surface area contributed by atoms with Crippen LogP contribution in [0.2, 0.25) is 0 Å². The van der Waals surface area contributed by atoms with E-state index in [1.165, 1.54) is 0 Å². The lowest BCUT2D eigenvalue weighted by Gasteiger charge is -2.23. The first-order valence-corrected chi connectivity index (χ1v) is 4.93. The Kier molecular flexibility index (Phi) is 3.48. The molecule has 0 aliphatic rings. The Bertz CT molecular complexity index is 338. The molecule has 1 rings (SSSR count). The average Bonchev–Trinajstić information content (AvgIpc) is 2.16. The van der Waals surface area contributed by atoms with Crippen LogP contribution in [0.1, 0.15) is 30.9 Å². The molecule has 3 nitrogen and oxygen atoms in total. The van der Waals surface area contributed by atoms with Crippen molar-refractivity contribution in [1.29, 1.82) is 0 Å². The van der Waals surface area contributed by atoms with Gasteiger partial charge in [-0.15, -0.1) is 0 Å². The van der Waals surface area contributed by atoms with Crippen LogP contribution in [0.25, 0.3) is 0 Å². The van der Waals surface area contributed by atoms with Crippen molar-refractivity contribution < 1.29 is 15.0 Å². The van der Waals surface area contributed by atoms with Gasteiger partial charge in [0, 0.05) is 6.42 Å². The largest absolute Gasteiger partial charge is 0.481 e. The third-order valence-electron chi connectivity index (χ3n) is 2.50. The smallest absolute Gasteiger partial charge is 0.303 e. The van der Waals surface area contributed by atoms with Crippen molar-refractivity contribution in [2.75, 3.05) is 0 Å². The summed E-state index contributed by atoms with van der Waals surface area (Å²) in [4.78, 5) is 10.4. The Morgan fingerprint density at radius 2 is 1.87 bits per heavy atom. The van der Waals surface area contributed by atoms with Gasteiger partial charge in [-0.2, -0.15) is 0 Å². The number of rotatable bonds is 4. The van der Waals surface area contributed by atoms with Gasteiger partial charge in [0.05, 0.1) is 5.60 Å². The Morgan fingerprint density at radius 3 is 2.33 bits per heavy atom. The summed E-state index contributed by atoms with van der Waals surface area (Å²) in [6.07, 6.45) is 0.201. The topological polar surface area (TPSA) is 57.5 Å². The summed E-state index contributed by atoms with van der Waals surface area (Å²) in [5.41, 5.74) is 0.814. The van der Waals surface area contributed by atoms with Crippen LogP contribution in [-0.2, 0) is 10.4 Å². The van der Waals surface area contributed by atoms with Crippen LogP contribution in [0.4, 0.5) is 0 Å². The minimum Gasteiger partial charge on any atom is -0.481 e. The van der Waals surface area contributed by atoms with Gasteiger partial charge in [0.2, 0.25) is 0 Å². The number of carboxylic acids is 1. The number of hydrogen-bond acceptors (Lipinski definition) is 2. The minimum absolute atomic E-state index is 0.0269. The fourth-order valence-electron chi connectivity index (χ4n) is 1.41. The second-order valence-corrected chi connectivity index (χ2v) is 4.03. The van der Waals surface area contributed by atoms with E-state index in [1.54, 1.807) is 6.92 Å². The number of aliphatic hydroxyl groups is 1. The molecule has 15 heavy (non-hydrogen) atoms. The fraction of sp³-hybridized carbons (Fsp3) is 0.417. The quantitative estimate of drug-likeness (QED) is 0.796. The van der Waals surface area contributed by atoms with Crippen LogP contribution in [0.3, 0.4) is 0 Å². The van der Waals surface area contributed by atoms with Crippen molar-refractivity contribution in [2.24, 2.45) is 0 Å². The van der Waals surface area contributed by atoms with E-state index in [-0.39, 0.29) is 12.8 Å². The first-order chi connectivity index (χ1) is 6.92. The van der Waals surface area contributed by atoms with E-state index < -0.39 is 11.6 Å². The Balaban J connectivity index is 2.76. The van der Waals surface area contributed by atoms with Crippen molar-refractivity contribution >= 4 is 5.97 Å². The first kappa shape index (κ1) is 11.7. The maximum absolute atomic E-state index is 10.4. The first-order valence-electron chi connectivity index (χ1n) is 4.93. The summed E-state index contributed by atoms with van der Waals surface area (Å²) >= 11 is 0. The second kappa shape index (κ2) is 4.45. The molecule has 2 N–H and O–H groups in total. The molecule has 0 heterocycles. The van der Waals surface area contributed by atoms with Gasteiger partial charge in [0.25, 0.3) is 0 Å². The molecule has 0 radical (unpaired) electrons. The van der Waals surface area contributed by atoms with Gasteiger partial charge in [-0.25, -0.2) is 0 Å². The third kappa shape index (κ3) is 3.36. The monoisotopic (exact) mass is 208 g/mol. The summed E-state index contributed by atoms with van der Waals surface area (Å²) in [7, 11) is 0. The van der Waals surface area contributed by atoms with Crippen molar-refractivity contribution in [3.05, 3.63) is 35.4 Å². The molecule has 82 valence electrons. The number of hydrogen-bond donors (Lipinski definition) is 2. The number of carbonyl (C=O) groups is 1. The van der Waals surface area contributed by atoms with E-state index in [2.05, 4.69) is 0 Å².